The van der Waals surface area contributed by atoms with Crippen molar-refractivity contribution in [3.8, 4) is 0 Å². The summed E-state index contributed by atoms with van der Waals surface area (Å²) < 4.78 is 13.8. The summed E-state index contributed by atoms with van der Waals surface area (Å²) in [6.45, 7) is -0.525. The average Bonchev–Trinajstić information content (AvgIpc) is 2.69. The number of benzene rings is 1. The summed E-state index contributed by atoms with van der Waals surface area (Å²) in [5.74, 6) is -1.21. The lowest BCUT2D eigenvalue weighted by atomic mass is 10.3. The molecule has 0 unspecified atom stereocenters. The number of carbonyl (C=O) groups is 1. The van der Waals surface area contributed by atoms with Crippen LogP contribution >= 0.6 is 34.8 Å². The molecular formula is C11H7Cl3FN3O2. The molecule has 0 aliphatic rings. The molecule has 0 aliphatic heterocycles. The standard InChI is InChI=1S/C11H7Cl3FN3O2/c12-6-3-5(15)1-2-7(6)16-11(20)9-8(13)10(14)18(4-19)17-9/h1-3,19H,4H2,(H,16,20). The average molecular weight is 339 g/mol. The number of anilines is 1. The van der Waals surface area contributed by atoms with Crippen molar-refractivity contribution in [2.45, 2.75) is 6.73 Å². The molecular weight excluding hydrogens is 331 g/mol. The molecule has 0 bridgehead atoms. The SMILES string of the molecule is O=C(Nc1ccc(F)cc1Cl)c1nn(CO)c(Cl)c1Cl. The van der Waals surface area contributed by atoms with Crippen molar-refractivity contribution in [2.75, 3.05) is 5.32 Å². The number of aliphatic hydroxyl groups excluding tert-OH is 1. The van der Waals surface area contributed by atoms with Gasteiger partial charge < -0.3 is 10.4 Å². The van der Waals surface area contributed by atoms with Gasteiger partial charge in [0.2, 0.25) is 0 Å². The van der Waals surface area contributed by atoms with E-state index in [0.717, 1.165) is 16.8 Å². The first-order valence-corrected chi connectivity index (χ1v) is 6.36. The van der Waals surface area contributed by atoms with Crippen LogP contribution in [-0.4, -0.2) is 20.8 Å². The fourth-order valence-corrected chi connectivity index (χ4v) is 2.05. The second-order valence-electron chi connectivity index (χ2n) is 3.67. The summed E-state index contributed by atoms with van der Waals surface area (Å²) in [4.78, 5) is 12.0. The highest BCUT2D eigenvalue weighted by Crippen LogP contribution is 2.27. The number of amides is 1. The molecule has 0 aliphatic carbocycles. The molecule has 2 rings (SSSR count). The number of aromatic nitrogens is 2. The summed E-state index contributed by atoms with van der Waals surface area (Å²) in [7, 11) is 0. The fraction of sp³-hybridized carbons (Fsp3) is 0.0909. The first kappa shape index (κ1) is 15.1. The summed E-state index contributed by atoms with van der Waals surface area (Å²) in [5, 5.41) is 15.0. The molecule has 0 saturated carbocycles. The molecule has 0 radical (unpaired) electrons. The Morgan fingerprint density at radius 3 is 2.65 bits per heavy atom. The van der Waals surface area contributed by atoms with Gasteiger partial charge in [-0.2, -0.15) is 5.10 Å². The van der Waals surface area contributed by atoms with E-state index in [-0.39, 0.29) is 26.6 Å². The number of rotatable bonds is 3. The molecule has 0 fully saturated rings. The molecule has 5 nitrogen and oxygen atoms in total. The van der Waals surface area contributed by atoms with Gasteiger partial charge in [0.1, 0.15) is 22.7 Å². The first-order valence-electron chi connectivity index (χ1n) is 5.23. The highest BCUT2D eigenvalue weighted by molar-refractivity contribution is 6.43. The molecule has 1 aromatic heterocycles. The smallest absolute Gasteiger partial charge is 0.277 e. The van der Waals surface area contributed by atoms with Crippen LogP contribution < -0.4 is 5.32 Å². The van der Waals surface area contributed by atoms with Crippen LogP contribution in [0.1, 0.15) is 10.5 Å². The van der Waals surface area contributed by atoms with Crippen molar-refractivity contribution in [3.05, 3.63) is 44.9 Å². The second kappa shape index (κ2) is 5.97. The van der Waals surface area contributed by atoms with Gasteiger partial charge >= 0.3 is 0 Å². The molecule has 2 aromatic rings. The Labute approximate surface area is 127 Å². The van der Waals surface area contributed by atoms with E-state index in [1.54, 1.807) is 0 Å². The zero-order valence-corrected chi connectivity index (χ0v) is 12.0. The number of halogens is 4. The third-order valence-corrected chi connectivity index (χ3v) is 3.52. The van der Waals surface area contributed by atoms with Crippen LogP contribution in [0.5, 0.6) is 0 Å². The number of aliphatic hydroxyl groups is 1. The number of carbonyl (C=O) groups excluding carboxylic acids is 1. The maximum atomic E-state index is 12.9. The van der Waals surface area contributed by atoms with Crippen LogP contribution in [0.2, 0.25) is 15.2 Å². The monoisotopic (exact) mass is 337 g/mol. The molecule has 0 saturated heterocycles. The van der Waals surface area contributed by atoms with Crippen LogP contribution in [0.15, 0.2) is 18.2 Å². The molecule has 0 atom stereocenters. The van der Waals surface area contributed by atoms with E-state index >= 15 is 0 Å². The van der Waals surface area contributed by atoms with E-state index in [0.29, 0.717) is 0 Å². The van der Waals surface area contributed by atoms with Crippen LogP contribution in [0.3, 0.4) is 0 Å². The Balaban J connectivity index is 2.28. The Morgan fingerprint density at radius 2 is 2.10 bits per heavy atom. The second-order valence-corrected chi connectivity index (χ2v) is 4.82. The van der Waals surface area contributed by atoms with E-state index in [4.69, 9.17) is 39.9 Å². The highest BCUT2D eigenvalue weighted by Gasteiger charge is 2.21. The summed E-state index contributed by atoms with van der Waals surface area (Å²) in [5.41, 5.74) is 0.0231. The Kier molecular flexibility index (Phi) is 4.49. The zero-order valence-electron chi connectivity index (χ0n) is 9.70. The van der Waals surface area contributed by atoms with Crippen LogP contribution in [0.4, 0.5) is 10.1 Å². The van der Waals surface area contributed by atoms with Crippen molar-refractivity contribution >= 4 is 46.4 Å². The molecule has 1 amide bonds. The lowest BCUT2D eigenvalue weighted by molar-refractivity contribution is 0.102. The summed E-state index contributed by atoms with van der Waals surface area (Å²) in [6, 6.07) is 3.49. The highest BCUT2D eigenvalue weighted by atomic mass is 35.5. The maximum Gasteiger partial charge on any atom is 0.277 e. The van der Waals surface area contributed by atoms with E-state index in [1.165, 1.54) is 6.07 Å². The predicted octanol–water partition coefficient (Wildman–Crippen LogP) is 3.18. The summed E-state index contributed by atoms with van der Waals surface area (Å²) >= 11 is 17.4. The molecule has 20 heavy (non-hydrogen) atoms. The lowest BCUT2D eigenvalue weighted by Crippen LogP contribution is -2.14. The van der Waals surface area contributed by atoms with Crippen LogP contribution in [0.25, 0.3) is 0 Å². The Bertz CT molecular complexity index is 675. The van der Waals surface area contributed by atoms with E-state index in [2.05, 4.69) is 10.4 Å². The van der Waals surface area contributed by atoms with Crippen molar-refractivity contribution in [1.29, 1.82) is 0 Å². The Morgan fingerprint density at radius 1 is 1.40 bits per heavy atom. The molecule has 1 heterocycles. The molecule has 1 aromatic carbocycles. The van der Waals surface area contributed by atoms with Crippen molar-refractivity contribution in [1.82, 2.24) is 9.78 Å². The molecule has 106 valence electrons. The molecule has 9 heteroatoms. The fourth-order valence-electron chi connectivity index (χ4n) is 1.43. The number of hydrogen-bond donors (Lipinski definition) is 2. The predicted molar refractivity (Wildman–Crippen MR) is 73.8 cm³/mol. The van der Waals surface area contributed by atoms with Gasteiger partial charge in [-0.15, -0.1) is 0 Å². The maximum absolute atomic E-state index is 12.9. The van der Waals surface area contributed by atoms with E-state index in [1.807, 2.05) is 0 Å². The third kappa shape index (κ3) is 2.88. The van der Waals surface area contributed by atoms with Crippen molar-refractivity contribution in [2.24, 2.45) is 0 Å². The van der Waals surface area contributed by atoms with Gasteiger partial charge in [-0.1, -0.05) is 34.8 Å². The first-order chi connectivity index (χ1) is 9.43. The topological polar surface area (TPSA) is 67.2 Å². The minimum absolute atomic E-state index is 0.0298. The summed E-state index contributed by atoms with van der Waals surface area (Å²) in [6.07, 6.45) is 0. The quantitative estimate of drug-likeness (QED) is 0.903. The van der Waals surface area contributed by atoms with E-state index in [9.17, 15) is 9.18 Å². The van der Waals surface area contributed by atoms with Crippen LogP contribution in [0, 0.1) is 5.82 Å². The zero-order chi connectivity index (χ0) is 14.9. The van der Waals surface area contributed by atoms with Crippen molar-refractivity contribution in [3.63, 3.8) is 0 Å². The largest absolute Gasteiger partial charge is 0.374 e. The lowest BCUT2D eigenvalue weighted by Gasteiger charge is -2.05. The Hall–Kier alpha value is -1.34. The normalized spacial score (nSPS) is 10.7. The molecule has 2 N–H and O–H groups in total. The number of nitrogens with zero attached hydrogens (tertiary/aromatic N) is 2. The molecule has 0 spiro atoms. The van der Waals surface area contributed by atoms with Gasteiger partial charge in [-0.25, -0.2) is 9.07 Å². The van der Waals surface area contributed by atoms with Gasteiger partial charge in [0.05, 0.1) is 10.7 Å². The van der Waals surface area contributed by atoms with Gasteiger partial charge in [0.25, 0.3) is 5.91 Å². The third-order valence-electron chi connectivity index (χ3n) is 2.36. The number of nitrogens with one attached hydrogen (secondary N) is 1. The minimum Gasteiger partial charge on any atom is -0.374 e. The van der Waals surface area contributed by atoms with E-state index < -0.39 is 18.5 Å². The van der Waals surface area contributed by atoms with Gasteiger partial charge in [0, 0.05) is 0 Å². The van der Waals surface area contributed by atoms with Gasteiger partial charge in [0.15, 0.2) is 5.69 Å². The minimum atomic E-state index is -0.683. The number of hydrogen-bond acceptors (Lipinski definition) is 3. The van der Waals surface area contributed by atoms with Crippen molar-refractivity contribution < 1.29 is 14.3 Å². The van der Waals surface area contributed by atoms with Crippen LogP contribution in [-0.2, 0) is 6.73 Å². The van der Waals surface area contributed by atoms with Gasteiger partial charge in [-0.05, 0) is 18.2 Å². The van der Waals surface area contributed by atoms with Gasteiger partial charge in [-0.3, -0.25) is 4.79 Å².